The molecule has 25 heavy (non-hydrogen) atoms. The monoisotopic (exact) mass is 427 g/mol. The zero-order valence-electron chi connectivity index (χ0n) is 13.7. The van der Waals surface area contributed by atoms with E-state index in [-0.39, 0.29) is 11.9 Å². The fourth-order valence-corrected chi connectivity index (χ4v) is 4.98. The Morgan fingerprint density at radius 2 is 2.20 bits per heavy atom. The number of aliphatic carboxylic acids is 1. The predicted molar refractivity (Wildman–Crippen MR) is 98.8 cm³/mol. The first-order chi connectivity index (χ1) is 12.0. The van der Waals surface area contributed by atoms with Crippen LogP contribution in [0.2, 0.25) is 0 Å². The predicted octanol–water partition coefficient (Wildman–Crippen LogP) is 4.69. The number of halogens is 2. The van der Waals surface area contributed by atoms with E-state index in [9.17, 15) is 14.3 Å². The average Bonchev–Trinajstić information content (AvgIpc) is 3.02. The van der Waals surface area contributed by atoms with Crippen molar-refractivity contribution in [3.05, 3.63) is 50.4 Å². The van der Waals surface area contributed by atoms with Gasteiger partial charge in [0, 0.05) is 10.4 Å². The Bertz CT molecular complexity index is 767. The van der Waals surface area contributed by atoms with Crippen LogP contribution >= 0.6 is 27.3 Å². The summed E-state index contributed by atoms with van der Waals surface area (Å²) >= 11 is 5.00. The van der Waals surface area contributed by atoms with Crippen molar-refractivity contribution in [1.82, 2.24) is 4.90 Å². The summed E-state index contributed by atoms with van der Waals surface area (Å²) < 4.78 is 20.4. The molecule has 1 saturated heterocycles. The molecule has 7 heteroatoms. The summed E-state index contributed by atoms with van der Waals surface area (Å²) in [7, 11) is 1.54. The Morgan fingerprint density at radius 3 is 2.84 bits per heavy atom. The molecule has 2 aromatic rings. The molecule has 134 valence electrons. The second-order valence-corrected chi connectivity index (χ2v) is 8.51. The normalized spacial score (nSPS) is 19.6. The van der Waals surface area contributed by atoms with Crippen molar-refractivity contribution < 1.29 is 19.0 Å². The first-order valence-electron chi connectivity index (χ1n) is 8.08. The largest absolute Gasteiger partial charge is 0.496 e. The van der Waals surface area contributed by atoms with E-state index in [0.717, 1.165) is 21.5 Å². The van der Waals surface area contributed by atoms with Gasteiger partial charge in [-0.15, -0.1) is 11.3 Å². The summed E-state index contributed by atoms with van der Waals surface area (Å²) in [4.78, 5) is 14.7. The fraction of sp³-hybridized carbons (Fsp3) is 0.389. The lowest BCUT2D eigenvalue weighted by atomic mass is 9.94. The first kappa shape index (κ1) is 18.4. The molecule has 4 nitrogen and oxygen atoms in total. The third-order valence-electron chi connectivity index (χ3n) is 4.51. The van der Waals surface area contributed by atoms with E-state index in [0.29, 0.717) is 24.3 Å². The van der Waals surface area contributed by atoms with Crippen LogP contribution in [-0.4, -0.2) is 35.7 Å². The van der Waals surface area contributed by atoms with Gasteiger partial charge in [0.05, 0.1) is 16.9 Å². The average molecular weight is 428 g/mol. The van der Waals surface area contributed by atoms with Gasteiger partial charge in [0.1, 0.15) is 17.6 Å². The summed E-state index contributed by atoms with van der Waals surface area (Å²) in [5, 5.41) is 9.68. The quantitative estimate of drug-likeness (QED) is 0.751. The van der Waals surface area contributed by atoms with E-state index in [1.807, 2.05) is 17.0 Å². The highest BCUT2D eigenvalue weighted by molar-refractivity contribution is 9.11. The van der Waals surface area contributed by atoms with E-state index >= 15 is 0 Å². The molecule has 1 aliphatic rings. The molecule has 0 amide bonds. The summed E-state index contributed by atoms with van der Waals surface area (Å²) in [5.74, 6) is -0.637. The SMILES string of the molecule is COc1ccc(F)cc1C(c1ccc(Br)s1)N1CCCCC1C(=O)O. The second-order valence-electron chi connectivity index (χ2n) is 6.02. The Hall–Kier alpha value is -1.44. The molecule has 2 atom stereocenters. The van der Waals surface area contributed by atoms with Gasteiger partial charge in [-0.2, -0.15) is 0 Å². The molecule has 0 aliphatic carbocycles. The Kier molecular flexibility index (Phi) is 5.76. The molecular formula is C18H19BrFNO3S. The molecule has 1 fully saturated rings. The van der Waals surface area contributed by atoms with E-state index in [4.69, 9.17) is 4.74 Å². The first-order valence-corrected chi connectivity index (χ1v) is 9.69. The number of thiophene rings is 1. The van der Waals surface area contributed by atoms with E-state index < -0.39 is 12.0 Å². The minimum atomic E-state index is -0.837. The van der Waals surface area contributed by atoms with Crippen LogP contribution in [0.25, 0.3) is 0 Å². The van der Waals surface area contributed by atoms with E-state index in [1.165, 1.54) is 23.5 Å². The Morgan fingerprint density at radius 1 is 1.40 bits per heavy atom. The zero-order chi connectivity index (χ0) is 18.0. The number of piperidine rings is 1. The van der Waals surface area contributed by atoms with Crippen LogP contribution in [0.5, 0.6) is 5.75 Å². The highest BCUT2D eigenvalue weighted by Crippen LogP contribution is 2.42. The highest BCUT2D eigenvalue weighted by atomic mass is 79.9. The summed E-state index contributed by atoms with van der Waals surface area (Å²) in [6.07, 6.45) is 2.40. The number of hydrogen-bond acceptors (Lipinski definition) is 4. The lowest BCUT2D eigenvalue weighted by molar-refractivity contribution is -0.145. The van der Waals surface area contributed by atoms with Crippen LogP contribution in [0.3, 0.4) is 0 Å². The number of benzene rings is 1. The number of carbonyl (C=O) groups is 1. The van der Waals surface area contributed by atoms with Crippen molar-refractivity contribution in [2.24, 2.45) is 0 Å². The molecule has 1 aromatic carbocycles. The fourth-order valence-electron chi connectivity index (χ4n) is 3.42. The van der Waals surface area contributed by atoms with Crippen molar-refractivity contribution >= 4 is 33.2 Å². The molecule has 1 N–H and O–H groups in total. The topological polar surface area (TPSA) is 49.8 Å². The molecule has 0 spiro atoms. The van der Waals surface area contributed by atoms with Crippen molar-refractivity contribution in [2.45, 2.75) is 31.3 Å². The maximum absolute atomic E-state index is 14.0. The van der Waals surface area contributed by atoms with Gasteiger partial charge in [-0.3, -0.25) is 9.69 Å². The number of nitrogens with zero attached hydrogens (tertiary/aromatic N) is 1. The zero-order valence-corrected chi connectivity index (χ0v) is 16.1. The minimum absolute atomic E-state index is 0.358. The minimum Gasteiger partial charge on any atom is -0.496 e. The Balaban J connectivity index is 2.13. The van der Waals surface area contributed by atoms with Crippen molar-refractivity contribution in [3.63, 3.8) is 0 Å². The third kappa shape index (κ3) is 3.88. The summed E-state index contributed by atoms with van der Waals surface area (Å²) in [6.45, 7) is 0.650. The van der Waals surface area contributed by atoms with Gasteiger partial charge in [0.15, 0.2) is 0 Å². The number of ether oxygens (including phenoxy) is 1. The van der Waals surface area contributed by atoms with Crippen molar-refractivity contribution in [3.8, 4) is 5.75 Å². The molecule has 2 heterocycles. The van der Waals surface area contributed by atoms with Crippen LogP contribution in [0.1, 0.15) is 35.7 Å². The summed E-state index contributed by atoms with van der Waals surface area (Å²) in [6, 6.07) is 7.34. The molecule has 1 aromatic heterocycles. The van der Waals surface area contributed by atoms with Crippen molar-refractivity contribution in [1.29, 1.82) is 0 Å². The van der Waals surface area contributed by atoms with E-state index in [1.54, 1.807) is 13.2 Å². The highest BCUT2D eigenvalue weighted by Gasteiger charge is 2.37. The van der Waals surface area contributed by atoms with E-state index in [2.05, 4.69) is 15.9 Å². The lowest BCUT2D eigenvalue weighted by Crippen LogP contribution is -2.46. The number of carboxylic acids is 1. The Labute approximate surface area is 158 Å². The maximum atomic E-state index is 14.0. The molecular weight excluding hydrogens is 409 g/mol. The smallest absolute Gasteiger partial charge is 0.320 e. The van der Waals surface area contributed by atoms with Gasteiger partial charge in [-0.05, 0) is 65.6 Å². The van der Waals surface area contributed by atoms with Crippen LogP contribution in [0, 0.1) is 5.82 Å². The number of likely N-dealkylation sites (tertiary alicyclic amines) is 1. The molecule has 0 bridgehead atoms. The number of rotatable bonds is 5. The number of hydrogen-bond donors (Lipinski definition) is 1. The standard InChI is InChI=1S/C18H19BrFNO3S/c1-24-14-6-5-11(20)10-12(14)17(15-7-8-16(19)25-15)21-9-3-2-4-13(21)18(22)23/h5-8,10,13,17H,2-4,9H2,1H3,(H,22,23). The van der Waals surface area contributed by atoms with Crippen LogP contribution in [0.15, 0.2) is 34.1 Å². The molecule has 0 radical (unpaired) electrons. The molecule has 0 saturated carbocycles. The van der Waals surface area contributed by atoms with Gasteiger partial charge >= 0.3 is 5.97 Å². The molecule has 3 rings (SSSR count). The molecule has 1 aliphatic heterocycles. The summed E-state index contributed by atoms with van der Waals surface area (Å²) in [5.41, 5.74) is 0.657. The van der Waals surface area contributed by atoms with Gasteiger partial charge in [-0.25, -0.2) is 4.39 Å². The van der Waals surface area contributed by atoms with Crippen LogP contribution < -0.4 is 4.74 Å². The van der Waals surface area contributed by atoms with Gasteiger partial charge in [-0.1, -0.05) is 6.42 Å². The second kappa shape index (κ2) is 7.85. The van der Waals surface area contributed by atoms with Gasteiger partial charge < -0.3 is 9.84 Å². The third-order valence-corrected chi connectivity index (χ3v) is 6.19. The molecule has 2 unspecified atom stereocenters. The van der Waals surface area contributed by atoms with Gasteiger partial charge in [0.2, 0.25) is 0 Å². The van der Waals surface area contributed by atoms with Crippen molar-refractivity contribution in [2.75, 3.05) is 13.7 Å². The van der Waals surface area contributed by atoms with Crippen LogP contribution in [0.4, 0.5) is 4.39 Å². The lowest BCUT2D eigenvalue weighted by Gasteiger charge is -2.39. The number of methoxy groups -OCH3 is 1. The van der Waals surface area contributed by atoms with Crippen LogP contribution in [-0.2, 0) is 4.79 Å². The maximum Gasteiger partial charge on any atom is 0.320 e. The van der Waals surface area contributed by atoms with Gasteiger partial charge in [0.25, 0.3) is 0 Å². The number of carboxylic acid groups (broad SMARTS) is 1.